The van der Waals surface area contributed by atoms with Crippen molar-refractivity contribution in [3.63, 3.8) is 0 Å². The maximum absolute atomic E-state index is 11.4. The second-order valence-corrected chi connectivity index (χ2v) is 3.71. The number of rotatable bonds is 5. The molecule has 0 saturated heterocycles. The number of aromatic amines is 1. The van der Waals surface area contributed by atoms with Gasteiger partial charge in [-0.1, -0.05) is 12.1 Å². The first-order valence-electron chi connectivity index (χ1n) is 5.59. The minimum absolute atomic E-state index is 0.0436. The fourth-order valence-electron chi connectivity index (χ4n) is 1.47. The van der Waals surface area contributed by atoms with Crippen molar-refractivity contribution in [2.45, 2.75) is 6.42 Å². The zero-order valence-corrected chi connectivity index (χ0v) is 10.1. The quantitative estimate of drug-likeness (QED) is 0.873. The molecule has 5 heteroatoms. The van der Waals surface area contributed by atoms with Crippen LogP contribution < -0.4 is 10.3 Å². The first kappa shape index (κ1) is 12.3. The van der Waals surface area contributed by atoms with E-state index in [4.69, 9.17) is 9.47 Å². The molecule has 0 aliphatic rings. The predicted octanol–water partition coefficient (Wildman–Crippen LogP) is 1.75. The molecule has 0 aliphatic heterocycles. The van der Waals surface area contributed by atoms with Crippen LogP contribution in [0.25, 0.3) is 0 Å². The van der Waals surface area contributed by atoms with E-state index >= 15 is 0 Å². The van der Waals surface area contributed by atoms with Crippen LogP contribution in [0, 0.1) is 0 Å². The van der Waals surface area contributed by atoms with Gasteiger partial charge >= 0.3 is 5.56 Å². The van der Waals surface area contributed by atoms with Crippen molar-refractivity contribution >= 4 is 0 Å². The molecule has 0 aliphatic carbocycles. The Morgan fingerprint density at radius 1 is 1.28 bits per heavy atom. The maximum atomic E-state index is 11.4. The van der Waals surface area contributed by atoms with Crippen molar-refractivity contribution in [2.75, 3.05) is 13.7 Å². The normalized spacial score (nSPS) is 10.3. The van der Waals surface area contributed by atoms with Gasteiger partial charge in [0.15, 0.2) is 0 Å². The molecule has 5 nitrogen and oxygen atoms in total. The third-order valence-corrected chi connectivity index (χ3v) is 2.41. The summed E-state index contributed by atoms with van der Waals surface area (Å²) in [5.74, 6) is 0.627. The van der Waals surface area contributed by atoms with E-state index in [1.54, 1.807) is 19.2 Å². The van der Waals surface area contributed by atoms with Gasteiger partial charge in [-0.15, -0.1) is 0 Å². The maximum Gasteiger partial charge on any atom is 0.311 e. The Bertz CT molecular complexity index is 549. The molecule has 1 aromatic heterocycles. The highest BCUT2D eigenvalue weighted by atomic mass is 16.5. The third kappa shape index (κ3) is 3.18. The molecule has 0 spiro atoms. The molecule has 1 N–H and O–H groups in total. The van der Waals surface area contributed by atoms with E-state index in [0.717, 1.165) is 12.0 Å². The van der Waals surface area contributed by atoms with E-state index in [1.807, 2.05) is 12.1 Å². The molecule has 0 unspecified atom stereocenters. The van der Waals surface area contributed by atoms with E-state index in [9.17, 15) is 4.79 Å². The van der Waals surface area contributed by atoms with Gasteiger partial charge in [-0.05, 0) is 24.1 Å². The highest BCUT2D eigenvalue weighted by molar-refractivity contribution is 5.29. The number of H-pyrrole nitrogens is 1. The molecule has 0 atom stereocenters. The van der Waals surface area contributed by atoms with Crippen LogP contribution in [0.1, 0.15) is 5.56 Å². The number of benzene rings is 1. The third-order valence-electron chi connectivity index (χ3n) is 2.41. The van der Waals surface area contributed by atoms with Crippen molar-refractivity contribution in [3.05, 3.63) is 52.6 Å². The van der Waals surface area contributed by atoms with Crippen LogP contribution in [0.2, 0.25) is 0 Å². The fraction of sp³-hybridized carbons (Fsp3) is 0.231. The second kappa shape index (κ2) is 5.97. The van der Waals surface area contributed by atoms with E-state index in [1.165, 1.54) is 12.4 Å². The van der Waals surface area contributed by atoms with Crippen LogP contribution in [0.3, 0.4) is 0 Å². The Labute approximate surface area is 104 Å². The Kier molecular flexibility index (Phi) is 4.09. The molecule has 0 fully saturated rings. The van der Waals surface area contributed by atoms with Crippen LogP contribution in [-0.4, -0.2) is 23.7 Å². The Morgan fingerprint density at radius 2 is 2.06 bits per heavy atom. The summed E-state index contributed by atoms with van der Waals surface area (Å²) in [6.07, 6.45) is 3.79. The summed E-state index contributed by atoms with van der Waals surface area (Å²) >= 11 is 0. The first-order chi connectivity index (χ1) is 8.79. The molecule has 0 radical (unpaired) electrons. The van der Waals surface area contributed by atoms with Gasteiger partial charge in [0.25, 0.3) is 5.88 Å². The minimum Gasteiger partial charge on any atom is -0.435 e. The van der Waals surface area contributed by atoms with Gasteiger partial charge in [-0.2, -0.15) is 0 Å². The van der Waals surface area contributed by atoms with Gasteiger partial charge in [0.05, 0.1) is 6.61 Å². The van der Waals surface area contributed by atoms with Gasteiger partial charge in [0, 0.05) is 19.5 Å². The monoisotopic (exact) mass is 246 g/mol. The first-order valence-corrected chi connectivity index (χ1v) is 5.59. The zero-order valence-electron chi connectivity index (χ0n) is 10.1. The van der Waals surface area contributed by atoms with E-state index in [2.05, 4.69) is 9.97 Å². The summed E-state index contributed by atoms with van der Waals surface area (Å²) in [5.41, 5.74) is 0.806. The number of nitrogens with one attached hydrogen (secondary N) is 1. The molecule has 2 rings (SSSR count). The van der Waals surface area contributed by atoms with Crippen LogP contribution in [0.5, 0.6) is 11.6 Å². The number of methoxy groups -OCH3 is 1. The predicted molar refractivity (Wildman–Crippen MR) is 67.0 cm³/mol. The highest BCUT2D eigenvalue weighted by Gasteiger charge is 2.03. The second-order valence-electron chi connectivity index (χ2n) is 3.71. The molecule has 0 amide bonds. The fourth-order valence-corrected chi connectivity index (χ4v) is 1.47. The summed E-state index contributed by atoms with van der Waals surface area (Å²) in [7, 11) is 1.67. The molecule has 94 valence electrons. The Balaban J connectivity index is 2.07. The lowest BCUT2D eigenvalue weighted by Crippen LogP contribution is -2.09. The van der Waals surface area contributed by atoms with E-state index in [-0.39, 0.29) is 11.4 Å². The summed E-state index contributed by atoms with van der Waals surface area (Å²) in [6.45, 7) is 0.681. The van der Waals surface area contributed by atoms with Crippen molar-refractivity contribution in [3.8, 4) is 11.6 Å². The van der Waals surface area contributed by atoms with E-state index in [0.29, 0.717) is 12.4 Å². The topological polar surface area (TPSA) is 64.2 Å². The zero-order chi connectivity index (χ0) is 12.8. The molecular formula is C13H14N2O3. The van der Waals surface area contributed by atoms with E-state index < -0.39 is 0 Å². The van der Waals surface area contributed by atoms with Crippen LogP contribution in [-0.2, 0) is 11.2 Å². The van der Waals surface area contributed by atoms with Crippen molar-refractivity contribution < 1.29 is 9.47 Å². The van der Waals surface area contributed by atoms with Crippen molar-refractivity contribution in [2.24, 2.45) is 0 Å². The molecule has 18 heavy (non-hydrogen) atoms. The number of nitrogens with zero attached hydrogens (tertiary/aromatic N) is 1. The standard InChI is InChI=1S/C13H14N2O3/c1-17-9-6-10-2-4-11(5-3-10)18-13-12(16)14-7-8-15-13/h2-5,7-8H,6,9H2,1H3,(H,14,16). The minimum atomic E-state index is -0.346. The van der Waals surface area contributed by atoms with Crippen LogP contribution in [0.15, 0.2) is 41.5 Å². The lowest BCUT2D eigenvalue weighted by molar-refractivity contribution is 0.202. The summed E-state index contributed by atoms with van der Waals surface area (Å²) in [5, 5.41) is 0. The van der Waals surface area contributed by atoms with Gasteiger partial charge in [-0.25, -0.2) is 4.98 Å². The average Bonchev–Trinajstić information content (AvgIpc) is 2.41. The molecule has 2 aromatic rings. The number of aromatic nitrogens is 2. The lowest BCUT2D eigenvalue weighted by atomic mass is 10.1. The van der Waals surface area contributed by atoms with Gasteiger partial charge in [-0.3, -0.25) is 4.79 Å². The summed E-state index contributed by atoms with van der Waals surface area (Å²) in [4.78, 5) is 17.7. The SMILES string of the molecule is COCCc1ccc(Oc2ncc[nH]c2=O)cc1. The summed E-state index contributed by atoms with van der Waals surface area (Å²) in [6, 6.07) is 7.48. The molecule has 1 heterocycles. The van der Waals surface area contributed by atoms with Crippen LogP contribution >= 0.6 is 0 Å². The van der Waals surface area contributed by atoms with Crippen molar-refractivity contribution in [1.29, 1.82) is 0 Å². The molecular weight excluding hydrogens is 232 g/mol. The number of ether oxygens (including phenoxy) is 2. The highest BCUT2D eigenvalue weighted by Crippen LogP contribution is 2.16. The Morgan fingerprint density at radius 3 is 2.72 bits per heavy atom. The lowest BCUT2D eigenvalue weighted by Gasteiger charge is -2.04. The number of hydrogen-bond donors (Lipinski definition) is 1. The average molecular weight is 246 g/mol. The molecule has 1 aromatic carbocycles. The van der Waals surface area contributed by atoms with Crippen molar-refractivity contribution in [1.82, 2.24) is 9.97 Å². The van der Waals surface area contributed by atoms with Crippen LogP contribution in [0.4, 0.5) is 0 Å². The van der Waals surface area contributed by atoms with Gasteiger partial charge in [0.2, 0.25) is 0 Å². The molecule has 0 saturated carbocycles. The summed E-state index contributed by atoms with van der Waals surface area (Å²) < 4.78 is 10.4. The smallest absolute Gasteiger partial charge is 0.311 e. The van der Waals surface area contributed by atoms with Gasteiger partial charge < -0.3 is 14.5 Å². The largest absolute Gasteiger partial charge is 0.435 e. The Hall–Kier alpha value is -2.14. The molecule has 0 bridgehead atoms. The van der Waals surface area contributed by atoms with Gasteiger partial charge in [0.1, 0.15) is 5.75 Å². The number of hydrogen-bond acceptors (Lipinski definition) is 4.